The van der Waals surface area contributed by atoms with Gasteiger partial charge >= 0.3 is 0 Å². The van der Waals surface area contributed by atoms with Gasteiger partial charge in [-0.05, 0) is 31.4 Å². The first-order chi connectivity index (χ1) is 6.68. The predicted octanol–water partition coefficient (Wildman–Crippen LogP) is 2.75. The second-order valence-corrected chi connectivity index (χ2v) is 3.39. The minimum absolute atomic E-state index is 0.0985. The Kier molecular flexibility index (Phi) is 2.04. The van der Waals surface area contributed by atoms with Crippen LogP contribution in [-0.2, 0) is 0 Å². The van der Waals surface area contributed by atoms with Gasteiger partial charge in [0, 0.05) is 22.8 Å². The van der Waals surface area contributed by atoms with E-state index in [4.69, 9.17) is 0 Å². The van der Waals surface area contributed by atoms with Crippen molar-refractivity contribution in [3.05, 3.63) is 41.7 Å². The van der Waals surface area contributed by atoms with E-state index >= 15 is 0 Å². The number of aryl methyl sites for hydroxylation is 1. The summed E-state index contributed by atoms with van der Waals surface area (Å²) in [7, 11) is 0. The van der Waals surface area contributed by atoms with E-state index < -0.39 is 0 Å². The van der Waals surface area contributed by atoms with Crippen LogP contribution in [0.1, 0.15) is 23.0 Å². The minimum Gasteiger partial charge on any atom is -0.295 e. The molecule has 0 fully saturated rings. The van der Waals surface area contributed by atoms with E-state index in [0.717, 1.165) is 22.0 Å². The summed E-state index contributed by atoms with van der Waals surface area (Å²) in [5, 5.41) is 2.18. The number of ketones is 1. The van der Waals surface area contributed by atoms with E-state index in [0.29, 0.717) is 0 Å². The average molecular weight is 185 g/mol. The number of benzene rings is 1. The van der Waals surface area contributed by atoms with Crippen LogP contribution in [-0.4, -0.2) is 10.8 Å². The molecule has 0 radical (unpaired) electrons. The SMILES string of the molecule is CC(=O)c1ccc2c(C)nccc2c1. The maximum Gasteiger partial charge on any atom is 0.159 e. The zero-order chi connectivity index (χ0) is 10.1. The monoisotopic (exact) mass is 185 g/mol. The third-order valence-electron chi connectivity index (χ3n) is 2.37. The highest BCUT2D eigenvalue weighted by atomic mass is 16.1. The van der Waals surface area contributed by atoms with Crippen molar-refractivity contribution in [2.75, 3.05) is 0 Å². The molecule has 1 aromatic heterocycles. The van der Waals surface area contributed by atoms with Crippen molar-refractivity contribution in [3.63, 3.8) is 0 Å². The van der Waals surface area contributed by atoms with Crippen molar-refractivity contribution in [2.24, 2.45) is 0 Å². The fourth-order valence-electron chi connectivity index (χ4n) is 1.55. The molecule has 2 rings (SSSR count). The number of hydrogen-bond acceptors (Lipinski definition) is 2. The summed E-state index contributed by atoms with van der Waals surface area (Å²) < 4.78 is 0. The maximum atomic E-state index is 11.2. The van der Waals surface area contributed by atoms with Crippen LogP contribution >= 0.6 is 0 Å². The number of carbonyl (C=O) groups is 1. The number of nitrogens with zero attached hydrogens (tertiary/aromatic N) is 1. The Labute approximate surface area is 82.6 Å². The first-order valence-electron chi connectivity index (χ1n) is 4.55. The number of aromatic nitrogens is 1. The lowest BCUT2D eigenvalue weighted by Gasteiger charge is -2.02. The summed E-state index contributed by atoms with van der Waals surface area (Å²) in [5.74, 6) is 0.0985. The Morgan fingerprint density at radius 2 is 2.07 bits per heavy atom. The molecule has 2 aromatic rings. The van der Waals surface area contributed by atoms with Gasteiger partial charge in [-0.1, -0.05) is 12.1 Å². The fourth-order valence-corrected chi connectivity index (χ4v) is 1.55. The molecule has 0 unspecified atom stereocenters. The van der Waals surface area contributed by atoms with Gasteiger partial charge in [-0.25, -0.2) is 0 Å². The lowest BCUT2D eigenvalue weighted by molar-refractivity contribution is 0.101. The average Bonchev–Trinajstić information content (AvgIpc) is 2.17. The third kappa shape index (κ3) is 1.39. The standard InChI is InChI=1S/C12H11NO/c1-8-12-4-3-10(9(2)14)7-11(12)5-6-13-8/h3-7H,1-2H3. The Morgan fingerprint density at radius 1 is 1.29 bits per heavy atom. The van der Waals surface area contributed by atoms with Gasteiger partial charge in [-0.3, -0.25) is 9.78 Å². The molecule has 1 aromatic carbocycles. The second kappa shape index (κ2) is 3.22. The van der Waals surface area contributed by atoms with Gasteiger partial charge in [-0.15, -0.1) is 0 Å². The van der Waals surface area contributed by atoms with Crippen molar-refractivity contribution >= 4 is 16.6 Å². The first kappa shape index (κ1) is 8.88. The molecule has 0 bridgehead atoms. The molecule has 1 heterocycles. The normalized spacial score (nSPS) is 10.4. The molecular formula is C12H11NO. The highest BCUT2D eigenvalue weighted by Gasteiger charge is 2.02. The van der Waals surface area contributed by atoms with E-state index in [1.54, 1.807) is 13.1 Å². The van der Waals surface area contributed by atoms with Crippen LogP contribution in [0.15, 0.2) is 30.5 Å². The predicted molar refractivity (Wildman–Crippen MR) is 56.5 cm³/mol. The van der Waals surface area contributed by atoms with Crippen LogP contribution in [0.4, 0.5) is 0 Å². The molecule has 0 aliphatic rings. The van der Waals surface area contributed by atoms with Crippen LogP contribution in [0.25, 0.3) is 10.8 Å². The zero-order valence-electron chi connectivity index (χ0n) is 8.24. The summed E-state index contributed by atoms with van der Waals surface area (Å²) in [6.45, 7) is 3.55. The van der Waals surface area contributed by atoms with Gasteiger partial charge in [0.25, 0.3) is 0 Å². The van der Waals surface area contributed by atoms with Gasteiger partial charge in [-0.2, -0.15) is 0 Å². The topological polar surface area (TPSA) is 30.0 Å². The van der Waals surface area contributed by atoms with Crippen LogP contribution in [0.3, 0.4) is 0 Å². The molecule has 0 saturated carbocycles. The molecular weight excluding hydrogens is 174 g/mol. The Hall–Kier alpha value is -1.70. The van der Waals surface area contributed by atoms with Gasteiger partial charge in [0.1, 0.15) is 0 Å². The van der Waals surface area contributed by atoms with Crippen LogP contribution in [0.2, 0.25) is 0 Å². The van der Waals surface area contributed by atoms with Crippen molar-refractivity contribution in [2.45, 2.75) is 13.8 Å². The third-order valence-corrected chi connectivity index (χ3v) is 2.37. The molecule has 0 atom stereocenters. The van der Waals surface area contributed by atoms with E-state index in [1.165, 1.54) is 0 Å². The van der Waals surface area contributed by atoms with Gasteiger partial charge in [0.2, 0.25) is 0 Å². The Morgan fingerprint density at radius 3 is 2.79 bits per heavy atom. The quantitative estimate of drug-likeness (QED) is 0.639. The molecule has 0 saturated heterocycles. The Bertz CT molecular complexity index is 503. The largest absolute Gasteiger partial charge is 0.295 e. The molecule has 14 heavy (non-hydrogen) atoms. The van der Waals surface area contributed by atoms with Crippen LogP contribution in [0, 0.1) is 6.92 Å². The van der Waals surface area contributed by atoms with Crippen molar-refractivity contribution in [1.29, 1.82) is 0 Å². The summed E-state index contributed by atoms with van der Waals surface area (Å²) in [4.78, 5) is 15.4. The molecule has 2 heteroatoms. The van der Waals surface area contributed by atoms with E-state index in [2.05, 4.69) is 4.98 Å². The van der Waals surface area contributed by atoms with E-state index in [-0.39, 0.29) is 5.78 Å². The van der Waals surface area contributed by atoms with Gasteiger partial charge < -0.3 is 0 Å². The lowest BCUT2D eigenvalue weighted by atomic mass is 10.1. The number of pyridine rings is 1. The number of carbonyl (C=O) groups excluding carboxylic acids is 1. The molecule has 0 aliphatic carbocycles. The number of rotatable bonds is 1. The molecule has 0 amide bonds. The molecule has 70 valence electrons. The summed E-state index contributed by atoms with van der Waals surface area (Å²) in [6.07, 6.45) is 1.77. The summed E-state index contributed by atoms with van der Waals surface area (Å²) in [5.41, 5.74) is 1.75. The fraction of sp³-hybridized carbons (Fsp3) is 0.167. The summed E-state index contributed by atoms with van der Waals surface area (Å²) in [6, 6.07) is 7.63. The zero-order valence-corrected chi connectivity index (χ0v) is 8.24. The highest BCUT2D eigenvalue weighted by molar-refractivity contribution is 5.98. The second-order valence-electron chi connectivity index (χ2n) is 3.39. The first-order valence-corrected chi connectivity index (χ1v) is 4.55. The molecule has 0 spiro atoms. The van der Waals surface area contributed by atoms with Gasteiger partial charge in [0.05, 0.1) is 0 Å². The lowest BCUT2D eigenvalue weighted by Crippen LogP contribution is -1.92. The van der Waals surface area contributed by atoms with Crippen molar-refractivity contribution in [3.8, 4) is 0 Å². The molecule has 0 aliphatic heterocycles. The number of hydrogen-bond donors (Lipinski definition) is 0. The maximum absolute atomic E-state index is 11.2. The van der Waals surface area contributed by atoms with Crippen LogP contribution < -0.4 is 0 Å². The summed E-state index contributed by atoms with van der Waals surface area (Å²) >= 11 is 0. The van der Waals surface area contributed by atoms with Crippen LogP contribution in [0.5, 0.6) is 0 Å². The van der Waals surface area contributed by atoms with Gasteiger partial charge in [0.15, 0.2) is 5.78 Å². The minimum atomic E-state index is 0.0985. The smallest absolute Gasteiger partial charge is 0.159 e. The highest BCUT2D eigenvalue weighted by Crippen LogP contribution is 2.17. The van der Waals surface area contributed by atoms with E-state index in [1.807, 2.05) is 31.2 Å². The van der Waals surface area contributed by atoms with E-state index in [9.17, 15) is 4.79 Å². The number of Topliss-reactive ketones (excluding diaryl/α,β-unsaturated/α-hetero) is 1. The van der Waals surface area contributed by atoms with Crippen molar-refractivity contribution in [1.82, 2.24) is 4.98 Å². The van der Waals surface area contributed by atoms with Crippen molar-refractivity contribution < 1.29 is 4.79 Å². The molecule has 2 nitrogen and oxygen atoms in total. The number of fused-ring (bicyclic) bond motifs is 1. The Balaban J connectivity index is 2.73. The molecule has 0 N–H and O–H groups in total.